The van der Waals surface area contributed by atoms with E-state index in [0.29, 0.717) is 41.3 Å². The third-order valence-corrected chi connectivity index (χ3v) is 6.36. The lowest BCUT2D eigenvalue weighted by molar-refractivity contribution is -0.140. The molecule has 0 radical (unpaired) electrons. The second-order valence-electron chi connectivity index (χ2n) is 8.22. The molecule has 180 valence electrons. The number of ether oxygens (including phenoxy) is 3. The van der Waals surface area contributed by atoms with Crippen LogP contribution in [0.5, 0.6) is 17.2 Å². The predicted molar refractivity (Wildman–Crippen MR) is 127 cm³/mol. The molecule has 8 nitrogen and oxygen atoms in total. The van der Waals surface area contributed by atoms with E-state index in [1.807, 2.05) is 12.1 Å². The minimum Gasteiger partial charge on any atom is -0.507 e. The van der Waals surface area contributed by atoms with Crippen molar-refractivity contribution in [2.24, 2.45) is 0 Å². The van der Waals surface area contributed by atoms with E-state index in [2.05, 4.69) is 18.7 Å². The molecule has 0 bridgehead atoms. The number of Topliss-reactive ketones (excluding diaryl/α,β-unsaturated/α-hetero) is 1. The van der Waals surface area contributed by atoms with Gasteiger partial charge in [0.15, 0.2) is 11.5 Å². The Balaban J connectivity index is 1.75. The van der Waals surface area contributed by atoms with Crippen LogP contribution in [0.1, 0.15) is 37.4 Å². The van der Waals surface area contributed by atoms with Crippen molar-refractivity contribution in [2.75, 3.05) is 40.1 Å². The number of carbonyl (C=O) groups excluding carboxylic acids is 2. The first kappa shape index (κ1) is 23.6. The van der Waals surface area contributed by atoms with Gasteiger partial charge in [0.25, 0.3) is 11.7 Å². The van der Waals surface area contributed by atoms with Gasteiger partial charge in [0, 0.05) is 12.1 Å². The molecule has 34 heavy (non-hydrogen) atoms. The molecule has 0 saturated carbocycles. The van der Waals surface area contributed by atoms with Crippen LogP contribution in [0.15, 0.2) is 48.0 Å². The van der Waals surface area contributed by atoms with Crippen LogP contribution in [-0.2, 0) is 9.59 Å². The highest BCUT2D eigenvalue weighted by molar-refractivity contribution is 6.46. The molecule has 4 rings (SSSR count). The van der Waals surface area contributed by atoms with Crippen LogP contribution in [0.2, 0.25) is 0 Å². The van der Waals surface area contributed by atoms with Gasteiger partial charge in [-0.25, -0.2) is 0 Å². The number of methoxy groups -OCH3 is 1. The number of hydrogen-bond acceptors (Lipinski definition) is 7. The molecular formula is C26H30N2O6. The van der Waals surface area contributed by atoms with E-state index < -0.39 is 17.7 Å². The third kappa shape index (κ3) is 4.46. The van der Waals surface area contributed by atoms with Crippen molar-refractivity contribution in [1.29, 1.82) is 0 Å². The van der Waals surface area contributed by atoms with Crippen molar-refractivity contribution in [2.45, 2.75) is 26.3 Å². The van der Waals surface area contributed by atoms with E-state index >= 15 is 0 Å². The molecule has 8 heteroatoms. The Morgan fingerprint density at radius 2 is 1.88 bits per heavy atom. The van der Waals surface area contributed by atoms with E-state index in [0.717, 1.165) is 19.6 Å². The fourth-order valence-corrected chi connectivity index (χ4v) is 4.47. The van der Waals surface area contributed by atoms with Gasteiger partial charge in [-0.2, -0.15) is 0 Å². The smallest absolute Gasteiger partial charge is 0.295 e. The Morgan fingerprint density at radius 1 is 1.12 bits per heavy atom. The largest absolute Gasteiger partial charge is 0.507 e. The first-order chi connectivity index (χ1) is 16.5. The lowest BCUT2D eigenvalue weighted by Gasteiger charge is -2.27. The second-order valence-corrected chi connectivity index (χ2v) is 8.22. The van der Waals surface area contributed by atoms with Crippen molar-refractivity contribution < 1.29 is 28.9 Å². The van der Waals surface area contributed by atoms with Gasteiger partial charge < -0.3 is 29.1 Å². The zero-order valence-corrected chi connectivity index (χ0v) is 19.7. The summed E-state index contributed by atoms with van der Waals surface area (Å²) < 4.78 is 16.1. The van der Waals surface area contributed by atoms with Gasteiger partial charge in [0.1, 0.15) is 11.5 Å². The number of amides is 1. The molecule has 2 heterocycles. The number of carbonyl (C=O) groups is 2. The molecule has 2 aromatic rings. The van der Waals surface area contributed by atoms with Crippen LogP contribution in [0.4, 0.5) is 0 Å². The maximum atomic E-state index is 13.2. The van der Waals surface area contributed by atoms with Crippen molar-refractivity contribution in [1.82, 2.24) is 9.80 Å². The Bertz CT molecular complexity index is 1110. The van der Waals surface area contributed by atoms with Crippen molar-refractivity contribution in [3.8, 4) is 17.2 Å². The van der Waals surface area contributed by atoms with E-state index in [-0.39, 0.29) is 18.1 Å². The van der Waals surface area contributed by atoms with Crippen LogP contribution in [0.3, 0.4) is 0 Å². The third-order valence-electron chi connectivity index (χ3n) is 6.36. The van der Waals surface area contributed by atoms with Crippen LogP contribution < -0.4 is 14.2 Å². The standard InChI is InChI=1S/C26H30N2O6/c1-4-27(5-2)12-7-13-28-23(17-8-6-9-19(14-17)32-3)22(25(30)26(28)31)24(29)18-10-11-20-21(15-18)34-16-33-20/h6,8-11,14-15,23,29H,4-5,7,12-13,16H2,1-3H3/b24-22+. The summed E-state index contributed by atoms with van der Waals surface area (Å²) in [6.45, 7) is 7.32. The minimum atomic E-state index is -0.725. The fourth-order valence-electron chi connectivity index (χ4n) is 4.47. The summed E-state index contributed by atoms with van der Waals surface area (Å²) in [5.41, 5.74) is 1.14. The van der Waals surface area contributed by atoms with Crippen molar-refractivity contribution >= 4 is 17.4 Å². The minimum absolute atomic E-state index is 0.0555. The van der Waals surface area contributed by atoms with Crippen LogP contribution in [0.25, 0.3) is 5.76 Å². The normalized spacial score (nSPS) is 18.7. The van der Waals surface area contributed by atoms with Crippen LogP contribution in [0, 0.1) is 0 Å². The predicted octanol–water partition coefficient (Wildman–Crippen LogP) is 3.58. The summed E-state index contributed by atoms with van der Waals surface area (Å²) in [6, 6.07) is 11.5. The summed E-state index contributed by atoms with van der Waals surface area (Å²) in [5.74, 6) is 0.0960. The Hall–Kier alpha value is -3.52. The number of aliphatic hydroxyl groups is 1. The summed E-state index contributed by atoms with van der Waals surface area (Å²) in [7, 11) is 1.56. The molecule has 2 aliphatic heterocycles. The fraction of sp³-hybridized carbons (Fsp3) is 0.385. The van der Waals surface area contributed by atoms with Gasteiger partial charge in [0.05, 0.1) is 18.7 Å². The molecule has 2 aliphatic rings. The highest BCUT2D eigenvalue weighted by atomic mass is 16.7. The van der Waals surface area contributed by atoms with Crippen LogP contribution >= 0.6 is 0 Å². The quantitative estimate of drug-likeness (QED) is 0.343. The second kappa shape index (κ2) is 10.2. The average Bonchev–Trinajstić information content (AvgIpc) is 3.43. The Kier molecular flexibility index (Phi) is 7.07. The van der Waals surface area contributed by atoms with Gasteiger partial charge in [-0.3, -0.25) is 9.59 Å². The first-order valence-electron chi connectivity index (χ1n) is 11.5. The molecule has 1 N–H and O–H groups in total. The molecule has 1 fully saturated rings. The number of fused-ring (bicyclic) bond motifs is 1. The van der Waals surface area contributed by atoms with Gasteiger partial charge in [-0.15, -0.1) is 0 Å². The molecule has 1 atom stereocenters. The molecule has 1 unspecified atom stereocenters. The SMILES string of the molecule is CCN(CC)CCCN1C(=O)C(=O)/C(=C(/O)c2ccc3c(c2)OCO3)C1c1cccc(OC)c1. The Labute approximate surface area is 199 Å². The van der Waals surface area contributed by atoms with E-state index in [1.165, 1.54) is 0 Å². The lowest BCUT2D eigenvalue weighted by atomic mass is 9.95. The maximum Gasteiger partial charge on any atom is 0.295 e. The van der Waals surface area contributed by atoms with E-state index in [9.17, 15) is 14.7 Å². The molecule has 1 saturated heterocycles. The topological polar surface area (TPSA) is 88.5 Å². The lowest BCUT2D eigenvalue weighted by Crippen LogP contribution is -2.33. The van der Waals surface area contributed by atoms with Gasteiger partial charge in [-0.05, 0) is 62.0 Å². The Morgan fingerprint density at radius 3 is 2.62 bits per heavy atom. The van der Waals surface area contributed by atoms with Gasteiger partial charge in [0.2, 0.25) is 6.79 Å². The van der Waals surface area contributed by atoms with E-state index in [4.69, 9.17) is 14.2 Å². The van der Waals surface area contributed by atoms with Gasteiger partial charge >= 0.3 is 0 Å². The number of benzene rings is 2. The number of aliphatic hydroxyl groups excluding tert-OH is 1. The number of nitrogens with zero attached hydrogens (tertiary/aromatic N) is 2. The highest BCUT2D eigenvalue weighted by Crippen LogP contribution is 2.42. The zero-order valence-electron chi connectivity index (χ0n) is 19.7. The number of likely N-dealkylation sites (tertiary alicyclic amines) is 1. The molecule has 0 spiro atoms. The van der Waals surface area contributed by atoms with Gasteiger partial charge in [-0.1, -0.05) is 26.0 Å². The number of hydrogen-bond donors (Lipinski definition) is 1. The summed E-state index contributed by atoms with van der Waals surface area (Å²) in [5, 5.41) is 11.2. The molecule has 2 aromatic carbocycles. The summed E-state index contributed by atoms with van der Waals surface area (Å²) in [4.78, 5) is 30.2. The molecular weight excluding hydrogens is 436 g/mol. The maximum absolute atomic E-state index is 13.2. The highest BCUT2D eigenvalue weighted by Gasteiger charge is 2.46. The molecule has 0 aliphatic carbocycles. The zero-order chi connectivity index (χ0) is 24.2. The first-order valence-corrected chi connectivity index (χ1v) is 11.5. The summed E-state index contributed by atoms with van der Waals surface area (Å²) >= 11 is 0. The number of ketones is 1. The van der Waals surface area contributed by atoms with Crippen molar-refractivity contribution in [3.05, 3.63) is 59.2 Å². The monoisotopic (exact) mass is 466 g/mol. The average molecular weight is 467 g/mol. The number of rotatable bonds is 9. The molecule has 0 aromatic heterocycles. The van der Waals surface area contributed by atoms with Crippen molar-refractivity contribution in [3.63, 3.8) is 0 Å². The van der Waals surface area contributed by atoms with Crippen LogP contribution in [-0.4, -0.2) is 66.7 Å². The summed E-state index contributed by atoms with van der Waals surface area (Å²) in [6.07, 6.45) is 0.708. The van der Waals surface area contributed by atoms with E-state index in [1.54, 1.807) is 42.3 Å². The molecule has 1 amide bonds.